The van der Waals surface area contributed by atoms with Crippen LogP contribution in [0.2, 0.25) is 0 Å². The van der Waals surface area contributed by atoms with Gasteiger partial charge in [0.15, 0.2) is 15.3 Å². The Morgan fingerprint density at radius 3 is 2.14 bits per heavy atom. The quantitative estimate of drug-likeness (QED) is 0.457. The molecular formula is C11H21N2O7PS. The number of carbonyl (C=O) groups is 2. The number of sulfone groups is 1. The fourth-order valence-corrected chi connectivity index (χ4v) is 6.55. The lowest BCUT2D eigenvalue weighted by molar-refractivity contribution is -0.123. The first-order valence-corrected chi connectivity index (χ1v) is 10.3. The van der Waals surface area contributed by atoms with E-state index in [1.165, 1.54) is 6.92 Å². The van der Waals surface area contributed by atoms with Gasteiger partial charge in [-0.2, -0.15) is 0 Å². The fourth-order valence-electron chi connectivity index (χ4n) is 1.93. The van der Waals surface area contributed by atoms with Gasteiger partial charge in [0.2, 0.25) is 0 Å². The summed E-state index contributed by atoms with van der Waals surface area (Å²) >= 11 is 0. The van der Waals surface area contributed by atoms with Crippen LogP contribution in [0.1, 0.15) is 27.2 Å². The highest BCUT2D eigenvalue weighted by atomic mass is 32.2. The number of carbonyl (C=O) groups excluding carboxylic acids is 2. The molecule has 0 spiro atoms. The predicted molar refractivity (Wildman–Crippen MR) is 79.2 cm³/mol. The molecule has 0 aromatic heterocycles. The van der Waals surface area contributed by atoms with Crippen LogP contribution in [-0.4, -0.2) is 50.4 Å². The van der Waals surface area contributed by atoms with Gasteiger partial charge in [0.25, 0.3) is 5.91 Å². The molecule has 0 aromatic rings. The second-order valence-electron chi connectivity index (χ2n) is 5.01. The van der Waals surface area contributed by atoms with Crippen LogP contribution in [-0.2, 0) is 28.2 Å². The average molecular weight is 356 g/mol. The fraction of sp³-hybridized carbons (Fsp3) is 0.818. The van der Waals surface area contributed by atoms with Crippen molar-refractivity contribution in [3.05, 3.63) is 0 Å². The van der Waals surface area contributed by atoms with Crippen LogP contribution >= 0.6 is 7.60 Å². The van der Waals surface area contributed by atoms with Gasteiger partial charge in [0, 0.05) is 0 Å². The smallest absolute Gasteiger partial charge is 0.324 e. The van der Waals surface area contributed by atoms with E-state index in [1.54, 1.807) is 13.8 Å². The number of hydrogen-bond donors (Lipinski definition) is 2. The molecule has 0 bridgehead atoms. The Kier molecular flexibility index (Phi) is 6.14. The molecule has 1 saturated heterocycles. The minimum atomic E-state index is -3.79. The van der Waals surface area contributed by atoms with Crippen molar-refractivity contribution in [3.8, 4) is 0 Å². The Morgan fingerprint density at radius 2 is 1.73 bits per heavy atom. The molecule has 1 atom stereocenters. The predicted octanol–water partition coefficient (Wildman–Crippen LogP) is 0.613. The number of imide groups is 1. The van der Waals surface area contributed by atoms with E-state index < -0.39 is 46.2 Å². The Balaban J connectivity index is 2.73. The molecule has 11 heteroatoms. The molecule has 3 amide bonds. The van der Waals surface area contributed by atoms with Crippen molar-refractivity contribution in [2.75, 3.05) is 24.5 Å². The minimum absolute atomic E-state index is 0.0585. The van der Waals surface area contributed by atoms with Gasteiger partial charge in [-0.1, -0.05) is 0 Å². The lowest BCUT2D eigenvalue weighted by atomic mass is 10.00. The van der Waals surface area contributed by atoms with E-state index >= 15 is 0 Å². The Labute approximate surface area is 129 Å². The highest BCUT2D eigenvalue weighted by Crippen LogP contribution is 2.49. The largest absolute Gasteiger partial charge is 0.345 e. The third kappa shape index (κ3) is 5.05. The van der Waals surface area contributed by atoms with E-state index in [0.717, 1.165) is 0 Å². The topological polar surface area (TPSA) is 128 Å². The molecule has 0 saturated carbocycles. The molecule has 0 unspecified atom stereocenters. The summed E-state index contributed by atoms with van der Waals surface area (Å²) in [6.07, 6.45) is -0.134. The van der Waals surface area contributed by atoms with E-state index in [4.69, 9.17) is 9.05 Å². The summed E-state index contributed by atoms with van der Waals surface area (Å²) in [7, 11) is -7.52. The second kappa shape index (κ2) is 7.08. The SMILES string of the molecule is CCOP(=O)(CS(=O)(=O)CC[C@@]1(C)NC(=O)NC1=O)OCC. The number of amides is 3. The Hall–Kier alpha value is -0.960. The Morgan fingerprint density at radius 1 is 1.18 bits per heavy atom. The van der Waals surface area contributed by atoms with Gasteiger partial charge in [0.05, 0.1) is 19.0 Å². The molecule has 0 radical (unpaired) electrons. The molecule has 1 rings (SSSR count). The first-order valence-electron chi connectivity index (χ1n) is 6.78. The second-order valence-corrected chi connectivity index (χ2v) is 9.68. The standard InChI is InChI=1S/C11H21N2O7PS/c1-4-19-21(16,20-5-2)8-22(17,18)7-6-11(3)9(14)12-10(15)13-11/h4-8H2,1-3H3,(H2,12,13,14,15)/t11-/m1/s1. The maximum absolute atomic E-state index is 12.2. The molecule has 0 aromatic carbocycles. The zero-order valence-corrected chi connectivity index (χ0v) is 14.5. The van der Waals surface area contributed by atoms with Crippen molar-refractivity contribution in [1.82, 2.24) is 10.6 Å². The minimum Gasteiger partial charge on any atom is -0.324 e. The van der Waals surface area contributed by atoms with Crippen LogP contribution in [0.5, 0.6) is 0 Å². The summed E-state index contributed by atoms with van der Waals surface area (Å²) in [5.41, 5.74) is -2.06. The molecule has 128 valence electrons. The van der Waals surface area contributed by atoms with Crippen LogP contribution < -0.4 is 10.6 Å². The van der Waals surface area contributed by atoms with Gasteiger partial charge in [0.1, 0.15) is 5.54 Å². The van der Waals surface area contributed by atoms with Crippen molar-refractivity contribution in [3.63, 3.8) is 0 Å². The summed E-state index contributed by atoms with van der Waals surface area (Å²) in [5.74, 6) is -1.02. The van der Waals surface area contributed by atoms with Gasteiger partial charge in [-0.15, -0.1) is 0 Å². The van der Waals surface area contributed by atoms with Crippen LogP contribution in [0, 0.1) is 0 Å². The van der Waals surface area contributed by atoms with Crippen molar-refractivity contribution in [2.24, 2.45) is 0 Å². The molecule has 1 heterocycles. The van der Waals surface area contributed by atoms with Gasteiger partial charge in [-0.3, -0.25) is 14.7 Å². The summed E-state index contributed by atoms with van der Waals surface area (Å²) in [6.45, 7) is 4.70. The molecule has 1 aliphatic heterocycles. The molecule has 22 heavy (non-hydrogen) atoms. The molecule has 1 aliphatic rings. The van der Waals surface area contributed by atoms with Gasteiger partial charge < -0.3 is 14.4 Å². The van der Waals surface area contributed by atoms with E-state index in [2.05, 4.69) is 5.32 Å². The van der Waals surface area contributed by atoms with Crippen molar-refractivity contribution >= 4 is 29.4 Å². The maximum Gasteiger partial charge on any atom is 0.345 e. The van der Waals surface area contributed by atoms with Crippen molar-refractivity contribution < 1.29 is 31.6 Å². The highest BCUT2D eigenvalue weighted by Gasteiger charge is 2.43. The zero-order valence-electron chi connectivity index (χ0n) is 12.7. The number of urea groups is 1. The molecule has 9 nitrogen and oxygen atoms in total. The average Bonchev–Trinajstić information content (AvgIpc) is 2.61. The summed E-state index contributed by atoms with van der Waals surface area (Å²) in [6, 6.07) is -0.667. The third-order valence-electron chi connectivity index (χ3n) is 3.04. The van der Waals surface area contributed by atoms with Gasteiger partial charge in [-0.05, 0) is 27.2 Å². The van der Waals surface area contributed by atoms with E-state index in [-0.39, 0.29) is 19.6 Å². The van der Waals surface area contributed by atoms with Crippen molar-refractivity contribution in [2.45, 2.75) is 32.7 Å². The first-order chi connectivity index (χ1) is 10.1. The highest BCUT2D eigenvalue weighted by molar-refractivity contribution is 7.97. The van der Waals surface area contributed by atoms with Crippen LogP contribution in [0.4, 0.5) is 4.79 Å². The number of hydrogen-bond acceptors (Lipinski definition) is 7. The Bertz CT molecular complexity index is 581. The molecule has 1 fully saturated rings. The van der Waals surface area contributed by atoms with Crippen LogP contribution in [0.25, 0.3) is 0 Å². The van der Waals surface area contributed by atoms with Crippen molar-refractivity contribution in [1.29, 1.82) is 0 Å². The maximum atomic E-state index is 12.2. The summed E-state index contributed by atoms with van der Waals surface area (Å²) in [5, 5.41) is 4.41. The molecular weight excluding hydrogens is 335 g/mol. The summed E-state index contributed by atoms with van der Waals surface area (Å²) in [4.78, 5) is 22.7. The van der Waals surface area contributed by atoms with E-state index in [1.807, 2.05) is 5.32 Å². The number of rotatable bonds is 9. The monoisotopic (exact) mass is 356 g/mol. The zero-order chi connectivity index (χ0) is 17.0. The molecule has 2 N–H and O–H groups in total. The van der Waals surface area contributed by atoms with Crippen LogP contribution in [0.15, 0.2) is 0 Å². The number of nitrogens with one attached hydrogen (secondary N) is 2. The van der Waals surface area contributed by atoms with Gasteiger partial charge in [-0.25, -0.2) is 13.2 Å². The summed E-state index contributed by atoms with van der Waals surface area (Å²) < 4.78 is 46.4. The van der Waals surface area contributed by atoms with Gasteiger partial charge >= 0.3 is 13.6 Å². The van der Waals surface area contributed by atoms with Crippen LogP contribution in [0.3, 0.4) is 0 Å². The third-order valence-corrected chi connectivity index (χ3v) is 8.00. The lowest BCUT2D eigenvalue weighted by Crippen LogP contribution is -2.45. The van der Waals surface area contributed by atoms with E-state index in [0.29, 0.717) is 0 Å². The normalized spacial score (nSPS) is 22.5. The first kappa shape index (κ1) is 19.1. The van der Waals surface area contributed by atoms with E-state index in [9.17, 15) is 22.6 Å². The molecule has 0 aliphatic carbocycles. The lowest BCUT2D eigenvalue weighted by Gasteiger charge is -2.21.